The Morgan fingerprint density at radius 3 is 2.50 bits per heavy atom. The normalized spacial score (nSPS) is 10.4. The first-order valence-corrected chi connectivity index (χ1v) is 6.98. The fourth-order valence-electron chi connectivity index (χ4n) is 1.69. The highest BCUT2D eigenvalue weighted by molar-refractivity contribution is 7.98. The number of hydrazine groups is 1. The average molecular weight is 279 g/mol. The van der Waals surface area contributed by atoms with Gasteiger partial charge in [-0.05, 0) is 23.8 Å². The van der Waals surface area contributed by atoms with Crippen LogP contribution in [-0.2, 0) is 5.75 Å². The third-order valence-electron chi connectivity index (χ3n) is 2.59. The average Bonchev–Trinajstić information content (AvgIpc) is 2.38. The zero-order valence-electron chi connectivity index (χ0n) is 10.1. The van der Waals surface area contributed by atoms with Crippen molar-refractivity contribution in [2.24, 2.45) is 5.84 Å². The summed E-state index contributed by atoms with van der Waals surface area (Å²) in [5.41, 5.74) is 2.24. The lowest BCUT2D eigenvalue weighted by atomic mass is 10.2. The number of anilines is 1. The summed E-state index contributed by atoms with van der Waals surface area (Å²) in [6.07, 6.45) is 0. The summed E-state index contributed by atoms with van der Waals surface area (Å²) in [6, 6.07) is 16.0. The van der Waals surface area contributed by atoms with Crippen LogP contribution in [0.25, 0.3) is 0 Å². The molecule has 0 aliphatic heterocycles. The third-order valence-corrected chi connectivity index (χ3v) is 4.16. The molecule has 2 nitrogen and oxygen atoms in total. The van der Waals surface area contributed by atoms with Crippen LogP contribution in [0.5, 0.6) is 0 Å². The minimum atomic E-state index is 0.793. The van der Waals surface area contributed by atoms with Crippen molar-refractivity contribution in [3.05, 3.63) is 59.1 Å². The molecule has 0 unspecified atom stereocenters. The van der Waals surface area contributed by atoms with Crippen LogP contribution in [0.4, 0.5) is 5.69 Å². The smallest absolute Gasteiger partial charge is 0.0554 e. The largest absolute Gasteiger partial charge is 0.314 e. The molecule has 0 aliphatic carbocycles. The van der Waals surface area contributed by atoms with E-state index in [4.69, 9.17) is 17.4 Å². The lowest BCUT2D eigenvalue weighted by Gasteiger charge is -2.16. The molecule has 2 aromatic carbocycles. The zero-order valence-corrected chi connectivity index (χ0v) is 11.7. The van der Waals surface area contributed by atoms with Crippen LogP contribution in [0, 0.1) is 0 Å². The van der Waals surface area contributed by atoms with Crippen LogP contribution in [0.1, 0.15) is 5.56 Å². The van der Waals surface area contributed by atoms with E-state index in [1.54, 1.807) is 16.8 Å². The Balaban J connectivity index is 2.14. The van der Waals surface area contributed by atoms with Gasteiger partial charge in [0.1, 0.15) is 0 Å². The van der Waals surface area contributed by atoms with E-state index in [9.17, 15) is 0 Å². The molecule has 2 rings (SSSR count). The van der Waals surface area contributed by atoms with Crippen molar-refractivity contribution in [1.29, 1.82) is 0 Å². The number of thioether (sulfide) groups is 1. The van der Waals surface area contributed by atoms with Crippen molar-refractivity contribution >= 4 is 29.1 Å². The first kappa shape index (κ1) is 13.3. The van der Waals surface area contributed by atoms with Crippen molar-refractivity contribution in [3.8, 4) is 0 Å². The highest BCUT2D eigenvalue weighted by Crippen LogP contribution is 2.31. The van der Waals surface area contributed by atoms with Crippen LogP contribution in [0.2, 0.25) is 5.02 Å². The maximum absolute atomic E-state index is 6.14. The lowest BCUT2D eigenvalue weighted by molar-refractivity contribution is 1.01. The van der Waals surface area contributed by atoms with E-state index in [2.05, 4.69) is 6.07 Å². The number of rotatable bonds is 4. The van der Waals surface area contributed by atoms with E-state index in [-0.39, 0.29) is 0 Å². The molecule has 0 atom stereocenters. The Kier molecular flexibility index (Phi) is 4.53. The molecule has 0 saturated carbocycles. The summed E-state index contributed by atoms with van der Waals surface area (Å²) in [7, 11) is 1.85. The molecule has 0 heterocycles. The number of hydrogen-bond acceptors (Lipinski definition) is 3. The molecule has 18 heavy (non-hydrogen) atoms. The Morgan fingerprint density at radius 1 is 1.11 bits per heavy atom. The predicted molar refractivity (Wildman–Crippen MR) is 80.0 cm³/mol. The molecule has 0 radical (unpaired) electrons. The number of halogens is 1. The molecule has 0 amide bonds. The van der Waals surface area contributed by atoms with Crippen molar-refractivity contribution in [3.63, 3.8) is 0 Å². The van der Waals surface area contributed by atoms with Gasteiger partial charge < -0.3 is 5.01 Å². The molecule has 0 saturated heterocycles. The van der Waals surface area contributed by atoms with Crippen LogP contribution in [0.3, 0.4) is 0 Å². The van der Waals surface area contributed by atoms with Crippen LogP contribution in [-0.4, -0.2) is 7.05 Å². The number of para-hydroxylation sites is 1. The van der Waals surface area contributed by atoms with E-state index in [0.29, 0.717) is 0 Å². The maximum Gasteiger partial charge on any atom is 0.0554 e. The first-order valence-electron chi connectivity index (χ1n) is 5.62. The SMILES string of the molecule is CN(N)c1ccccc1CSc1ccccc1Cl. The van der Waals surface area contributed by atoms with Crippen LogP contribution in [0.15, 0.2) is 53.4 Å². The monoisotopic (exact) mass is 278 g/mol. The number of nitrogens with zero attached hydrogens (tertiary/aromatic N) is 1. The van der Waals surface area contributed by atoms with Gasteiger partial charge in [0.15, 0.2) is 0 Å². The molecule has 4 heteroatoms. The first-order chi connectivity index (χ1) is 8.68. The fourth-order valence-corrected chi connectivity index (χ4v) is 2.93. The van der Waals surface area contributed by atoms with Gasteiger partial charge in [-0.15, -0.1) is 11.8 Å². The van der Waals surface area contributed by atoms with E-state index in [1.165, 1.54) is 5.56 Å². The van der Waals surface area contributed by atoms with E-state index >= 15 is 0 Å². The lowest BCUT2D eigenvalue weighted by Crippen LogP contribution is -2.26. The minimum Gasteiger partial charge on any atom is -0.314 e. The molecule has 2 N–H and O–H groups in total. The predicted octanol–water partition coefficient (Wildman–Crippen LogP) is 3.94. The number of nitrogens with two attached hydrogens (primary N) is 1. The van der Waals surface area contributed by atoms with Crippen LogP contribution >= 0.6 is 23.4 Å². The van der Waals surface area contributed by atoms with Crippen LogP contribution < -0.4 is 10.9 Å². The topological polar surface area (TPSA) is 29.3 Å². The molecule has 2 aromatic rings. The second-order valence-corrected chi connectivity index (χ2v) is 5.38. The van der Waals surface area contributed by atoms with Crippen molar-refractivity contribution in [1.82, 2.24) is 0 Å². The third kappa shape index (κ3) is 3.19. The van der Waals surface area contributed by atoms with Crippen molar-refractivity contribution in [2.45, 2.75) is 10.6 Å². The molecular weight excluding hydrogens is 264 g/mol. The van der Waals surface area contributed by atoms with Crippen molar-refractivity contribution in [2.75, 3.05) is 12.1 Å². The van der Waals surface area contributed by atoms with Gasteiger partial charge >= 0.3 is 0 Å². The number of benzene rings is 2. The maximum atomic E-state index is 6.14. The molecule has 94 valence electrons. The molecule has 0 aromatic heterocycles. The Bertz CT molecular complexity index is 529. The highest BCUT2D eigenvalue weighted by atomic mass is 35.5. The van der Waals surface area contributed by atoms with Gasteiger partial charge in [0.25, 0.3) is 0 Å². The van der Waals surface area contributed by atoms with E-state index in [0.717, 1.165) is 21.4 Å². The van der Waals surface area contributed by atoms with E-state index in [1.807, 2.05) is 49.5 Å². The van der Waals surface area contributed by atoms with Crippen molar-refractivity contribution < 1.29 is 0 Å². The quantitative estimate of drug-likeness (QED) is 0.522. The summed E-state index contributed by atoms with van der Waals surface area (Å²) >= 11 is 7.85. The van der Waals surface area contributed by atoms with E-state index < -0.39 is 0 Å². The molecule has 0 spiro atoms. The molecular formula is C14H15ClN2S. The van der Waals surface area contributed by atoms with Gasteiger partial charge in [0.05, 0.1) is 10.7 Å². The second kappa shape index (κ2) is 6.14. The summed E-state index contributed by atoms with van der Waals surface area (Å²) in [4.78, 5) is 1.09. The fraction of sp³-hybridized carbons (Fsp3) is 0.143. The summed E-state index contributed by atoms with van der Waals surface area (Å²) in [5.74, 6) is 6.66. The van der Waals surface area contributed by atoms with Gasteiger partial charge in [-0.1, -0.05) is 41.9 Å². The second-order valence-electron chi connectivity index (χ2n) is 3.96. The molecule has 0 fully saturated rings. The Labute approximate surface area is 117 Å². The molecule has 0 aliphatic rings. The Morgan fingerprint density at radius 2 is 1.78 bits per heavy atom. The zero-order chi connectivity index (χ0) is 13.0. The van der Waals surface area contributed by atoms with Gasteiger partial charge in [-0.2, -0.15) is 0 Å². The minimum absolute atomic E-state index is 0.793. The summed E-state index contributed by atoms with van der Waals surface area (Å²) in [6.45, 7) is 0. The standard InChI is InChI=1S/C14H15ClN2S/c1-17(16)13-8-4-2-6-11(13)10-18-14-9-5-3-7-12(14)15/h2-9H,10,16H2,1H3. The molecule has 0 bridgehead atoms. The summed E-state index contributed by atoms with van der Waals surface area (Å²) < 4.78 is 0. The van der Waals surface area contributed by atoms with Gasteiger partial charge in [0, 0.05) is 17.7 Å². The van der Waals surface area contributed by atoms with Gasteiger partial charge in [0.2, 0.25) is 0 Å². The van der Waals surface area contributed by atoms with Gasteiger partial charge in [-0.3, -0.25) is 0 Å². The Hall–Kier alpha value is -1.16. The number of hydrogen-bond donors (Lipinski definition) is 1. The highest BCUT2D eigenvalue weighted by Gasteiger charge is 2.06. The summed E-state index contributed by atoms with van der Waals surface area (Å²) in [5, 5.41) is 2.43. The van der Waals surface area contributed by atoms with Gasteiger partial charge in [-0.25, -0.2) is 5.84 Å².